The van der Waals surface area contributed by atoms with Gasteiger partial charge in [-0.1, -0.05) is 0 Å². The normalized spacial score (nSPS) is 31.8. The van der Waals surface area contributed by atoms with Gasteiger partial charge in [0.05, 0.1) is 13.2 Å². The van der Waals surface area contributed by atoms with E-state index in [1.165, 1.54) is 12.8 Å². The summed E-state index contributed by atoms with van der Waals surface area (Å²) < 4.78 is 37.7. The Bertz CT molecular complexity index is 493. The third-order valence-corrected chi connectivity index (χ3v) is 6.81. The smallest absolute Gasteiger partial charge is 0.249 e. The number of alkyl halides is 2. The monoisotopic (exact) mass is 357 g/mol. The predicted octanol–water partition coefficient (Wildman–Crippen LogP) is 3.10. The third kappa shape index (κ3) is 3.85. The Balaban J connectivity index is 1.29. The molecule has 2 heterocycles. The van der Waals surface area contributed by atoms with E-state index >= 15 is 0 Å². The van der Waals surface area contributed by atoms with Crippen LogP contribution in [0.25, 0.3) is 0 Å². The molecule has 2 aliphatic carbocycles. The fourth-order valence-corrected chi connectivity index (χ4v) is 4.69. The lowest BCUT2D eigenvalue weighted by atomic mass is 9.66. The Morgan fingerprint density at radius 3 is 2.48 bits per heavy atom. The topological polar surface area (TPSA) is 38.8 Å². The third-order valence-electron chi connectivity index (χ3n) is 6.81. The molecule has 4 aliphatic rings. The molecule has 6 heteroatoms. The number of hydrogen-bond donors (Lipinski definition) is 0. The molecule has 4 nitrogen and oxygen atoms in total. The van der Waals surface area contributed by atoms with Crippen LogP contribution in [0.5, 0.6) is 0 Å². The molecule has 4 fully saturated rings. The maximum absolute atomic E-state index is 13.0. The number of hydrogen-bond acceptors (Lipinski definition) is 3. The van der Waals surface area contributed by atoms with E-state index in [-0.39, 0.29) is 24.2 Å². The molecule has 2 saturated carbocycles. The van der Waals surface area contributed by atoms with Crippen molar-refractivity contribution >= 4 is 5.91 Å². The van der Waals surface area contributed by atoms with Crippen LogP contribution >= 0.6 is 0 Å². The average molecular weight is 357 g/mol. The predicted molar refractivity (Wildman–Crippen MR) is 88.4 cm³/mol. The zero-order chi connectivity index (χ0) is 17.5. The van der Waals surface area contributed by atoms with Gasteiger partial charge in [-0.15, -0.1) is 0 Å². The number of rotatable bonds is 5. The second kappa shape index (κ2) is 6.76. The highest BCUT2D eigenvalue weighted by atomic mass is 19.3. The Morgan fingerprint density at radius 2 is 1.84 bits per heavy atom. The van der Waals surface area contributed by atoms with E-state index in [9.17, 15) is 13.6 Å². The number of nitrogens with zero attached hydrogens (tertiary/aromatic N) is 1. The molecule has 0 aromatic carbocycles. The van der Waals surface area contributed by atoms with E-state index in [2.05, 4.69) is 0 Å². The fourth-order valence-electron chi connectivity index (χ4n) is 4.69. The SMILES string of the molecule is O=C(C1CC(F)(F)C1)N1CCC2(CCOC[C@H]2COCC2CC2)CC1. The van der Waals surface area contributed by atoms with Crippen LogP contribution < -0.4 is 0 Å². The molecule has 1 atom stereocenters. The summed E-state index contributed by atoms with van der Waals surface area (Å²) >= 11 is 0. The Morgan fingerprint density at radius 1 is 1.12 bits per heavy atom. The van der Waals surface area contributed by atoms with Gasteiger partial charge in [0.15, 0.2) is 0 Å². The highest BCUT2D eigenvalue weighted by molar-refractivity contribution is 5.80. The maximum atomic E-state index is 13.0. The van der Waals surface area contributed by atoms with E-state index < -0.39 is 11.8 Å². The average Bonchev–Trinajstić information content (AvgIpc) is 3.39. The molecule has 2 aliphatic heterocycles. The van der Waals surface area contributed by atoms with Gasteiger partial charge >= 0.3 is 0 Å². The van der Waals surface area contributed by atoms with Crippen molar-refractivity contribution in [2.45, 2.75) is 50.9 Å². The van der Waals surface area contributed by atoms with Crippen molar-refractivity contribution in [2.24, 2.45) is 23.2 Å². The molecule has 0 aromatic rings. The van der Waals surface area contributed by atoms with Crippen LogP contribution in [0.3, 0.4) is 0 Å². The van der Waals surface area contributed by atoms with Gasteiger partial charge in [-0.25, -0.2) is 8.78 Å². The van der Waals surface area contributed by atoms with Crippen molar-refractivity contribution in [3.05, 3.63) is 0 Å². The fraction of sp³-hybridized carbons (Fsp3) is 0.947. The minimum Gasteiger partial charge on any atom is -0.381 e. The lowest BCUT2D eigenvalue weighted by Crippen LogP contribution is -2.53. The highest BCUT2D eigenvalue weighted by Gasteiger charge is 2.51. The first-order valence-electron chi connectivity index (χ1n) is 9.80. The number of ether oxygens (including phenoxy) is 2. The zero-order valence-corrected chi connectivity index (χ0v) is 14.9. The van der Waals surface area contributed by atoms with Crippen molar-refractivity contribution in [1.82, 2.24) is 4.90 Å². The summed E-state index contributed by atoms with van der Waals surface area (Å²) in [5, 5.41) is 0. The lowest BCUT2D eigenvalue weighted by molar-refractivity contribution is -0.164. The summed E-state index contributed by atoms with van der Waals surface area (Å²) in [6.07, 6.45) is 4.98. The van der Waals surface area contributed by atoms with Gasteiger partial charge in [0.25, 0.3) is 0 Å². The summed E-state index contributed by atoms with van der Waals surface area (Å²) in [4.78, 5) is 14.2. The number of carbonyl (C=O) groups is 1. The molecule has 1 spiro atoms. The molecular weight excluding hydrogens is 328 g/mol. The summed E-state index contributed by atoms with van der Waals surface area (Å²) in [5.74, 6) is -1.99. The molecule has 25 heavy (non-hydrogen) atoms. The van der Waals surface area contributed by atoms with Gasteiger partial charge in [-0.3, -0.25) is 4.79 Å². The van der Waals surface area contributed by atoms with Gasteiger partial charge in [-0.2, -0.15) is 0 Å². The molecule has 0 N–H and O–H groups in total. The van der Waals surface area contributed by atoms with Crippen molar-refractivity contribution in [3.63, 3.8) is 0 Å². The van der Waals surface area contributed by atoms with Gasteiger partial charge in [0.1, 0.15) is 0 Å². The first kappa shape index (κ1) is 17.7. The summed E-state index contributed by atoms with van der Waals surface area (Å²) in [5.41, 5.74) is 0.197. The lowest BCUT2D eigenvalue weighted by Gasteiger charge is -2.50. The summed E-state index contributed by atoms with van der Waals surface area (Å²) in [7, 11) is 0. The minimum atomic E-state index is -2.62. The van der Waals surface area contributed by atoms with E-state index in [0.717, 1.165) is 51.6 Å². The van der Waals surface area contributed by atoms with E-state index in [0.29, 0.717) is 19.0 Å². The van der Waals surface area contributed by atoms with Crippen LogP contribution in [0.1, 0.15) is 44.9 Å². The molecule has 0 unspecified atom stereocenters. The molecule has 0 bridgehead atoms. The van der Waals surface area contributed by atoms with E-state index in [4.69, 9.17) is 9.47 Å². The van der Waals surface area contributed by atoms with Crippen LogP contribution in [0, 0.1) is 23.2 Å². The number of amides is 1. The van der Waals surface area contributed by atoms with Crippen molar-refractivity contribution in [1.29, 1.82) is 0 Å². The minimum absolute atomic E-state index is 0.0608. The molecule has 1 amide bonds. The van der Waals surface area contributed by atoms with Gasteiger partial charge in [0.2, 0.25) is 11.8 Å². The van der Waals surface area contributed by atoms with Crippen LogP contribution in [-0.2, 0) is 14.3 Å². The van der Waals surface area contributed by atoms with Gasteiger partial charge in [0, 0.05) is 51.0 Å². The van der Waals surface area contributed by atoms with Gasteiger partial charge in [-0.05, 0) is 43.4 Å². The van der Waals surface area contributed by atoms with E-state index in [1.807, 2.05) is 4.90 Å². The Labute approximate surface area is 148 Å². The molecule has 142 valence electrons. The second-order valence-electron chi connectivity index (χ2n) is 8.65. The Hall–Kier alpha value is -0.750. The standard InChI is InChI=1S/C19H29F2NO3/c20-19(21)9-15(10-19)17(23)22-6-3-18(4-7-22)5-8-24-12-16(18)13-25-11-14-1-2-14/h14-16H,1-13H2/t16-/m0/s1. The van der Waals surface area contributed by atoms with E-state index in [1.54, 1.807) is 0 Å². The molecule has 2 saturated heterocycles. The summed E-state index contributed by atoms with van der Waals surface area (Å²) in [6, 6.07) is 0. The summed E-state index contributed by atoms with van der Waals surface area (Å²) in [6.45, 7) is 4.53. The number of piperidine rings is 1. The first-order valence-corrected chi connectivity index (χ1v) is 9.80. The number of carbonyl (C=O) groups excluding carboxylic acids is 1. The molecule has 0 aromatic heterocycles. The number of halogens is 2. The molecular formula is C19H29F2NO3. The van der Waals surface area contributed by atoms with Crippen molar-refractivity contribution < 1.29 is 23.0 Å². The zero-order valence-electron chi connectivity index (χ0n) is 14.9. The van der Waals surface area contributed by atoms with Crippen LogP contribution in [0.4, 0.5) is 8.78 Å². The quantitative estimate of drug-likeness (QED) is 0.759. The molecule has 4 rings (SSSR count). The second-order valence-corrected chi connectivity index (χ2v) is 8.65. The largest absolute Gasteiger partial charge is 0.381 e. The van der Waals surface area contributed by atoms with Gasteiger partial charge < -0.3 is 14.4 Å². The molecule has 0 radical (unpaired) electrons. The van der Waals surface area contributed by atoms with Crippen LogP contribution in [0.15, 0.2) is 0 Å². The maximum Gasteiger partial charge on any atom is 0.249 e. The highest BCUT2D eigenvalue weighted by Crippen LogP contribution is 2.47. The van der Waals surface area contributed by atoms with Crippen LogP contribution in [-0.4, -0.2) is 56.2 Å². The van der Waals surface area contributed by atoms with Crippen LogP contribution in [0.2, 0.25) is 0 Å². The number of likely N-dealkylation sites (tertiary alicyclic amines) is 1. The van der Waals surface area contributed by atoms with Crippen molar-refractivity contribution in [2.75, 3.05) is 39.5 Å². The first-order chi connectivity index (χ1) is 12.0. The Kier molecular flexibility index (Phi) is 4.78. The van der Waals surface area contributed by atoms with Crippen molar-refractivity contribution in [3.8, 4) is 0 Å².